The summed E-state index contributed by atoms with van der Waals surface area (Å²) in [6, 6.07) is 0. The molecular weight excluding hydrogens is 132 g/mol. The lowest BCUT2D eigenvalue weighted by Crippen LogP contribution is -2.18. The predicted molar refractivity (Wildman–Crippen MR) is 32.6 cm³/mol. The van der Waals surface area contributed by atoms with Crippen LogP contribution in [-0.2, 0) is 4.79 Å². The third-order valence-corrected chi connectivity index (χ3v) is 0.918. The van der Waals surface area contributed by atoms with E-state index in [1.165, 1.54) is 18.6 Å². The van der Waals surface area contributed by atoms with Gasteiger partial charge in [-0.1, -0.05) is 0 Å². The summed E-state index contributed by atoms with van der Waals surface area (Å²) in [5.74, 6) is -1.21. The number of carbonyl (C=O) groups excluding carboxylic acids is 1. The quantitative estimate of drug-likeness (QED) is 0.541. The number of hydrogen-bond donors (Lipinski definition) is 1. The molecule has 0 aliphatic rings. The first-order chi connectivity index (χ1) is 4.79. The lowest BCUT2D eigenvalue weighted by molar-refractivity contribution is -0.297. The molecule has 1 heterocycles. The van der Waals surface area contributed by atoms with Crippen molar-refractivity contribution >= 4 is 12.0 Å². The summed E-state index contributed by atoms with van der Waals surface area (Å²) in [5.41, 5.74) is 0.643. The van der Waals surface area contributed by atoms with Crippen molar-refractivity contribution in [2.75, 3.05) is 0 Å². The maximum Gasteiger partial charge on any atom is 0.0924 e. The van der Waals surface area contributed by atoms with Gasteiger partial charge in [0.25, 0.3) is 0 Å². The molecule has 0 aliphatic heterocycles. The van der Waals surface area contributed by atoms with Gasteiger partial charge in [0.1, 0.15) is 0 Å². The van der Waals surface area contributed by atoms with E-state index in [1.54, 1.807) is 0 Å². The Morgan fingerprint density at radius 2 is 2.60 bits per heavy atom. The molecule has 4 heteroatoms. The van der Waals surface area contributed by atoms with Crippen molar-refractivity contribution in [3.05, 3.63) is 24.3 Å². The maximum atomic E-state index is 9.86. The number of aromatic amines is 1. The van der Waals surface area contributed by atoms with E-state index >= 15 is 0 Å². The van der Waals surface area contributed by atoms with Crippen LogP contribution in [-0.4, -0.2) is 15.9 Å². The second-order valence-corrected chi connectivity index (χ2v) is 1.66. The molecular formula is C6H5N2O2-. The third-order valence-electron chi connectivity index (χ3n) is 0.918. The van der Waals surface area contributed by atoms with Crippen molar-refractivity contribution in [3.8, 4) is 0 Å². The van der Waals surface area contributed by atoms with E-state index in [9.17, 15) is 9.90 Å². The SMILES string of the molecule is O=C([O-])C=Cc1cnc[nH]1. The second-order valence-electron chi connectivity index (χ2n) is 1.66. The van der Waals surface area contributed by atoms with Crippen LogP contribution in [0.25, 0.3) is 6.08 Å². The molecule has 0 bridgehead atoms. The van der Waals surface area contributed by atoms with Gasteiger partial charge in [-0.2, -0.15) is 0 Å². The first-order valence-corrected chi connectivity index (χ1v) is 2.66. The Hall–Kier alpha value is -1.58. The number of carboxylic acids is 1. The summed E-state index contributed by atoms with van der Waals surface area (Å²) < 4.78 is 0. The minimum absolute atomic E-state index is 0.643. The molecule has 0 saturated carbocycles. The van der Waals surface area contributed by atoms with E-state index in [0.717, 1.165) is 6.08 Å². The van der Waals surface area contributed by atoms with Crippen LogP contribution >= 0.6 is 0 Å². The zero-order valence-corrected chi connectivity index (χ0v) is 5.07. The van der Waals surface area contributed by atoms with Crippen molar-refractivity contribution in [1.82, 2.24) is 9.97 Å². The number of imidazole rings is 1. The highest BCUT2D eigenvalue weighted by molar-refractivity contribution is 5.82. The number of nitrogens with one attached hydrogen (secondary N) is 1. The number of aromatic nitrogens is 2. The summed E-state index contributed by atoms with van der Waals surface area (Å²) >= 11 is 0. The summed E-state index contributed by atoms with van der Waals surface area (Å²) in [5, 5.41) is 9.86. The topological polar surface area (TPSA) is 68.8 Å². The number of nitrogens with zero attached hydrogens (tertiary/aromatic N) is 1. The van der Waals surface area contributed by atoms with Crippen LogP contribution < -0.4 is 5.11 Å². The Labute approximate surface area is 57.2 Å². The minimum Gasteiger partial charge on any atom is -0.545 e. The van der Waals surface area contributed by atoms with Gasteiger partial charge in [-0.15, -0.1) is 0 Å². The largest absolute Gasteiger partial charge is 0.545 e. The number of hydrogen-bond acceptors (Lipinski definition) is 3. The van der Waals surface area contributed by atoms with Gasteiger partial charge in [-0.3, -0.25) is 0 Å². The fourth-order valence-electron chi connectivity index (χ4n) is 0.516. The standard InChI is InChI=1S/C6H6N2O2/c9-6(10)2-1-5-3-7-4-8-5/h1-4H,(H,7,8)(H,9,10)/p-1. The summed E-state index contributed by atoms with van der Waals surface area (Å²) in [6.45, 7) is 0. The molecule has 1 N–H and O–H groups in total. The van der Waals surface area contributed by atoms with Gasteiger partial charge in [0, 0.05) is 0 Å². The molecule has 1 rings (SSSR count). The van der Waals surface area contributed by atoms with Gasteiger partial charge >= 0.3 is 0 Å². The average molecular weight is 137 g/mol. The molecule has 10 heavy (non-hydrogen) atoms. The molecule has 0 fully saturated rings. The van der Waals surface area contributed by atoms with E-state index < -0.39 is 5.97 Å². The zero-order chi connectivity index (χ0) is 7.40. The molecule has 1 aromatic heterocycles. The zero-order valence-electron chi connectivity index (χ0n) is 5.07. The van der Waals surface area contributed by atoms with Crippen LogP contribution in [0, 0.1) is 0 Å². The van der Waals surface area contributed by atoms with Gasteiger partial charge < -0.3 is 14.9 Å². The number of carboxylic acid groups (broad SMARTS) is 1. The van der Waals surface area contributed by atoms with Crippen molar-refractivity contribution in [2.24, 2.45) is 0 Å². The highest BCUT2D eigenvalue weighted by Gasteiger charge is 1.82. The third kappa shape index (κ3) is 1.74. The Morgan fingerprint density at radius 1 is 1.80 bits per heavy atom. The van der Waals surface area contributed by atoms with Crippen LogP contribution in [0.15, 0.2) is 18.6 Å². The van der Waals surface area contributed by atoms with E-state index in [2.05, 4.69) is 9.97 Å². The van der Waals surface area contributed by atoms with Gasteiger partial charge in [0.15, 0.2) is 0 Å². The van der Waals surface area contributed by atoms with Gasteiger partial charge in [0.05, 0.1) is 24.2 Å². The molecule has 52 valence electrons. The monoisotopic (exact) mass is 137 g/mol. The molecule has 0 atom stereocenters. The molecule has 0 aromatic carbocycles. The van der Waals surface area contributed by atoms with E-state index in [-0.39, 0.29) is 0 Å². The van der Waals surface area contributed by atoms with Crippen molar-refractivity contribution in [2.45, 2.75) is 0 Å². The average Bonchev–Trinajstić information content (AvgIpc) is 2.34. The van der Waals surface area contributed by atoms with Crippen LogP contribution in [0.2, 0.25) is 0 Å². The fourth-order valence-corrected chi connectivity index (χ4v) is 0.516. The van der Waals surface area contributed by atoms with Crippen LogP contribution in [0.3, 0.4) is 0 Å². The van der Waals surface area contributed by atoms with Crippen molar-refractivity contribution in [3.63, 3.8) is 0 Å². The summed E-state index contributed by atoms with van der Waals surface area (Å²) in [7, 11) is 0. The van der Waals surface area contributed by atoms with E-state index in [1.807, 2.05) is 0 Å². The Kier molecular flexibility index (Phi) is 1.84. The first-order valence-electron chi connectivity index (χ1n) is 2.66. The van der Waals surface area contributed by atoms with E-state index in [4.69, 9.17) is 0 Å². The van der Waals surface area contributed by atoms with Crippen LogP contribution in [0.4, 0.5) is 0 Å². The normalized spacial score (nSPS) is 10.4. The smallest absolute Gasteiger partial charge is 0.0924 e. The lowest BCUT2D eigenvalue weighted by atomic mass is 10.4. The number of rotatable bonds is 2. The first kappa shape index (κ1) is 6.54. The second kappa shape index (κ2) is 2.82. The molecule has 4 nitrogen and oxygen atoms in total. The fraction of sp³-hybridized carbons (Fsp3) is 0. The number of H-pyrrole nitrogens is 1. The number of aliphatic carboxylic acids is 1. The minimum atomic E-state index is -1.21. The van der Waals surface area contributed by atoms with Gasteiger partial charge in [0.2, 0.25) is 0 Å². The predicted octanol–water partition coefficient (Wildman–Crippen LogP) is -0.827. The molecule has 0 saturated heterocycles. The molecule has 0 spiro atoms. The van der Waals surface area contributed by atoms with Crippen LogP contribution in [0.1, 0.15) is 5.69 Å². The molecule has 0 aliphatic carbocycles. The summed E-state index contributed by atoms with van der Waals surface area (Å²) in [4.78, 5) is 16.2. The van der Waals surface area contributed by atoms with Crippen molar-refractivity contribution < 1.29 is 9.90 Å². The maximum absolute atomic E-state index is 9.86. The molecule has 0 unspecified atom stereocenters. The van der Waals surface area contributed by atoms with Crippen molar-refractivity contribution in [1.29, 1.82) is 0 Å². The molecule has 1 aromatic rings. The van der Waals surface area contributed by atoms with Gasteiger partial charge in [-0.05, 0) is 12.2 Å². The Morgan fingerprint density at radius 3 is 3.10 bits per heavy atom. The lowest BCUT2D eigenvalue weighted by Gasteiger charge is -1.87. The van der Waals surface area contributed by atoms with Gasteiger partial charge in [-0.25, -0.2) is 4.98 Å². The Balaban J connectivity index is 2.64. The highest BCUT2D eigenvalue weighted by Crippen LogP contribution is 1.92. The molecule has 0 radical (unpaired) electrons. The summed E-state index contributed by atoms with van der Waals surface area (Å²) in [6.07, 6.45) is 5.30. The number of carbonyl (C=O) groups is 1. The van der Waals surface area contributed by atoms with Crippen LogP contribution in [0.5, 0.6) is 0 Å². The highest BCUT2D eigenvalue weighted by atomic mass is 16.4. The van der Waals surface area contributed by atoms with E-state index in [0.29, 0.717) is 5.69 Å². The molecule has 0 amide bonds. The Bertz CT molecular complexity index is 238.